The van der Waals surface area contributed by atoms with E-state index < -0.39 is 0 Å². The lowest BCUT2D eigenvalue weighted by Crippen LogP contribution is -2.51. The summed E-state index contributed by atoms with van der Waals surface area (Å²) in [5, 5.41) is 12.9. The first-order chi connectivity index (χ1) is 14.1. The van der Waals surface area contributed by atoms with Crippen molar-refractivity contribution in [3.63, 3.8) is 0 Å². The highest BCUT2D eigenvalue weighted by atomic mass is 15.3. The predicted octanol–water partition coefficient (Wildman–Crippen LogP) is 2.32. The van der Waals surface area contributed by atoms with Crippen LogP contribution in [-0.4, -0.2) is 60.5 Å². The number of quaternary nitrogens is 1. The van der Waals surface area contributed by atoms with E-state index in [1.54, 1.807) is 0 Å². The summed E-state index contributed by atoms with van der Waals surface area (Å²) in [6.07, 6.45) is 1.82. The topological polar surface area (TPSA) is 116 Å². The summed E-state index contributed by atoms with van der Waals surface area (Å²) in [5.41, 5.74) is 20.9. The molecule has 0 spiro atoms. The van der Waals surface area contributed by atoms with Crippen LogP contribution in [0.2, 0.25) is 0 Å². The average Bonchev–Trinajstić information content (AvgIpc) is 2.67. The molecule has 2 aromatic rings. The van der Waals surface area contributed by atoms with Crippen LogP contribution in [0.15, 0.2) is 36.5 Å². The van der Waals surface area contributed by atoms with E-state index in [4.69, 9.17) is 17.2 Å². The normalized spacial score (nSPS) is 13.4. The van der Waals surface area contributed by atoms with Gasteiger partial charge in [-0.2, -0.15) is 0 Å². The van der Waals surface area contributed by atoms with E-state index in [9.17, 15) is 0 Å². The maximum Gasteiger partial charge on any atom is 0.153 e. The third-order valence-electron chi connectivity index (χ3n) is 5.74. The zero-order chi connectivity index (χ0) is 22.4. The summed E-state index contributed by atoms with van der Waals surface area (Å²) in [5.74, 6) is 0.667. The molecule has 0 amide bonds. The molecule has 166 valence electrons. The number of rotatable bonds is 11. The van der Waals surface area contributed by atoms with E-state index in [1.807, 2.05) is 12.1 Å². The summed E-state index contributed by atoms with van der Waals surface area (Å²) in [6.45, 7) is 14.9. The molecule has 1 aromatic heterocycles. The van der Waals surface area contributed by atoms with Gasteiger partial charge < -0.3 is 27.0 Å². The van der Waals surface area contributed by atoms with Crippen LogP contribution < -0.4 is 22.5 Å². The maximum absolute atomic E-state index is 6.37. The summed E-state index contributed by atoms with van der Waals surface area (Å²) in [6, 6.07) is 8.15. The van der Waals surface area contributed by atoms with Gasteiger partial charge in [-0.1, -0.05) is 33.4 Å². The quantitative estimate of drug-likeness (QED) is 0.419. The molecule has 0 radical (unpaired) electrons. The predicted molar refractivity (Wildman–Crippen MR) is 127 cm³/mol. The number of likely N-dealkylation sites (N-methyl/N-ethyl adjacent to an activating group) is 1. The molecule has 0 saturated carbocycles. The fourth-order valence-electron chi connectivity index (χ4n) is 3.66. The Morgan fingerprint density at radius 1 is 1.10 bits per heavy atom. The lowest BCUT2D eigenvalue weighted by atomic mass is 9.86. The molecule has 0 saturated heterocycles. The Labute approximate surface area is 181 Å². The lowest BCUT2D eigenvalue weighted by molar-refractivity contribution is -0.907. The van der Waals surface area contributed by atoms with E-state index in [0.717, 1.165) is 53.6 Å². The zero-order valence-electron chi connectivity index (χ0n) is 19.1. The fourth-order valence-corrected chi connectivity index (χ4v) is 3.66. The third-order valence-corrected chi connectivity index (χ3v) is 5.74. The number of aromatic nitrogens is 2. The van der Waals surface area contributed by atoms with Crippen LogP contribution in [0.25, 0.3) is 10.9 Å². The first kappa shape index (κ1) is 24.2. The molecule has 30 heavy (non-hydrogen) atoms. The molecule has 1 aromatic carbocycles. The molecular formula is C23H40N7+. The Kier molecular flexibility index (Phi) is 8.32. The highest BCUT2D eigenvalue weighted by Gasteiger charge is 2.20. The van der Waals surface area contributed by atoms with E-state index in [0.29, 0.717) is 18.9 Å². The third kappa shape index (κ3) is 6.74. The second-order valence-corrected chi connectivity index (χ2v) is 9.52. The summed E-state index contributed by atoms with van der Waals surface area (Å²) < 4.78 is 0.881. The van der Waals surface area contributed by atoms with E-state index in [2.05, 4.69) is 62.0 Å². The monoisotopic (exact) mass is 414 g/mol. The number of fused-ring (bicyclic) bond motifs is 1. The number of hydrogen-bond acceptors (Lipinski definition) is 6. The van der Waals surface area contributed by atoms with Crippen molar-refractivity contribution in [2.45, 2.75) is 45.1 Å². The second-order valence-electron chi connectivity index (χ2n) is 9.52. The first-order valence-corrected chi connectivity index (χ1v) is 10.8. The Hall–Kier alpha value is -2.06. The van der Waals surface area contributed by atoms with Gasteiger partial charge in [0, 0.05) is 30.2 Å². The highest BCUT2D eigenvalue weighted by molar-refractivity contribution is 5.81. The van der Waals surface area contributed by atoms with E-state index in [-0.39, 0.29) is 11.5 Å². The molecule has 7 heteroatoms. The minimum absolute atomic E-state index is 0.0812. The van der Waals surface area contributed by atoms with Crippen LogP contribution in [0, 0.1) is 0 Å². The molecule has 2 rings (SSSR count). The van der Waals surface area contributed by atoms with Gasteiger partial charge in [-0.15, -0.1) is 10.2 Å². The van der Waals surface area contributed by atoms with Crippen molar-refractivity contribution in [3.05, 3.63) is 42.1 Å². The van der Waals surface area contributed by atoms with Gasteiger partial charge in [0.25, 0.3) is 0 Å². The molecule has 1 atom stereocenters. The molecule has 7 nitrogen and oxygen atoms in total. The minimum Gasteiger partial charge on any atom is -0.341 e. The van der Waals surface area contributed by atoms with Gasteiger partial charge in [-0.05, 0) is 42.0 Å². The maximum atomic E-state index is 6.37. The standard InChI is InChI=1S/C23H40N7/c1-17(20(26)7-6-12-30(5,13-10-24)14-11-25)27-22-16-18-15-19(23(2,3)4)8-9-21(18)28-29-22/h8-9,15-16,20H,1,6-7,10-14,24-26H2,2-5H3,(H,27,29)/q+1. The molecule has 0 bridgehead atoms. The van der Waals surface area contributed by atoms with Gasteiger partial charge in [0.1, 0.15) is 0 Å². The van der Waals surface area contributed by atoms with Gasteiger partial charge in [-0.25, -0.2) is 0 Å². The SMILES string of the molecule is C=C(Nc1cc2cc(C(C)(C)C)ccc2nn1)C(N)CCC[N+](C)(CCN)CCN. The van der Waals surface area contributed by atoms with E-state index >= 15 is 0 Å². The van der Waals surface area contributed by atoms with Crippen LogP contribution in [0.5, 0.6) is 0 Å². The Bertz CT molecular complexity index is 835. The van der Waals surface area contributed by atoms with Gasteiger partial charge in [-0.3, -0.25) is 0 Å². The van der Waals surface area contributed by atoms with Gasteiger partial charge in [0.05, 0.1) is 32.2 Å². The van der Waals surface area contributed by atoms with Crippen LogP contribution >= 0.6 is 0 Å². The summed E-state index contributed by atoms with van der Waals surface area (Å²) >= 11 is 0. The number of anilines is 1. The molecule has 7 N–H and O–H groups in total. The van der Waals surface area contributed by atoms with Crippen molar-refractivity contribution >= 4 is 16.7 Å². The summed E-state index contributed by atoms with van der Waals surface area (Å²) in [7, 11) is 2.20. The van der Waals surface area contributed by atoms with Crippen molar-refractivity contribution < 1.29 is 4.48 Å². The number of hydrogen-bond donors (Lipinski definition) is 4. The molecule has 0 aliphatic carbocycles. The van der Waals surface area contributed by atoms with Crippen molar-refractivity contribution in [1.29, 1.82) is 0 Å². The van der Waals surface area contributed by atoms with Gasteiger partial charge >= 0.3 is 0 Å². The minimum atomic E-state index is -0.160. The van der Waals surface area contributed by atoms with Crippen molar-refractivity contribution in [3.8, 4) is 0 Å². The molecular weight excluding hydrogens is 374 g/mol. The number of benzene rings is 1. The van der Waals surface area contributed by atoms with Crippen LogP contribution in [-0.2, 0) is 5.41 Å². The number of nitrogens with one attached hydrogen (secondary N) is 1. The molecule has 0 fully saturated rings. The number of nitrogens with zero attached hydrogens (tertiary/aromatic N) is 3. The zero-order valence-corrected chi connectivity index (χ0v) is 19.1. The number of nitrogens with two attached hydrogens (primary N) is 3. The van der Waals surface area contributed by atoms with Crippen molar-refractivity contribution in [1.82, 2.24) is 10.2 Å². The van der Waals surface area contributed by atoms with Gasteiger partial charge in [0.2, 0.25) is 0 Å². The Balaban J connectivity index is 1.98. The molecule has 1 unspecified atom stereocenters. The highest BCUT2D eigenvalue weighted by Crippen LogP contribution is 2.26. The molecule has 0 aliphatic heterocycles. The second kappa shape index (κ2) is 10.3. The summed E-state index contributed by atoms with van der Waals surface area (Å²) in [4.78, 5) is 0. The van der Waals surface area contributed by atoms with Crippen molar-refractivity contribution in [2.24, 2.45) is 17.2 Å². The van der Waals surface area contributed by atoms with Crippen LogP contribution in [0.4, 0.5) is 5.82 Å². The Morgan fingerprint density at radius 2 is 1.77 bits per heavy atom. The van der Waals surface area contributed by atoms with Crippen LogP contribution in [0.3, 0.4) is 0 Å². The first-order valence-electron chi connectivity index (χ1n) is 10.8. The smallest absolute Gasteiger partial charge is 0.153 e. The largest absolute Gasteiger partial charge is 0.341 e. The van der Waals surface area contributed by atoms with Crippen LogP contribution in [0.1, 0.15) is 39.2 Å². The average molecular weight is 415 g/mol. The Morgan fingerprint density at radius 3 is 2.37 bits per heavy atom. The van der Waals surface area contributed by atoms with Gasteiger partial charge in [0.15, 0.2) is 5.82 Å². The molecule has 0 aliphatic rings. The lowest BCUT2D eigenvalue weighted by Gasteiger charge is -2.34. The van der Waals surface area contributed by atoms with Crippen molar-refractivity contribution in [2.75, 3.05) is 45.1 Å². The van der Waals surface area contributed by atoms with E-state index in [1.165, 1.54) is 5.56 Å². The fraction of sp³-hybridized carbons (Fsp3) is 0.565. The molecule has 1 heterocycles.